The molecule has 0 bridgehead atoms. The third-order valence-electron chi connectivity index (χ3n) is 3.79. The van der Waals surface area contributed by atoms with Gasteiger partial charge < -0.3 is 4.74 Å². The fraction of sp³-hybridized carbons (Fsp3) is 1.00. The predicted octanol–water partition coefficient (Wildman–Crippen LogP) is 3.38. The Kier molecular flexibility index (Phi) is 3.65. The van der Waals surface area contributed by atoms with Crippen molar-refractivity contribution in [1.29, 1.82) is 0 Å². The molecule has 0 aromatic rings. The molecule has 0 atom stereocenters. The smallest absolute Gasteiger partial charge is 0.0468 e. The third-order valence-corrected chi connectivity index (χ3v) is 3.79. The van der Waals surface area contributed by atoms with Crippen molar-refractivity contribution in [2.75, 3.05) is 13.2 Å². The molecule has 0 amide bonds. The van der Waals surface area contributed by atoms with Gasteiger partial charge in [-0.05, 0) is 24.7 Å². The molecule has 0 unspecified atom stereocenters. The Labute approximate surface area is 81.9 Å². The molecule has 0 saturated heterocycles. The van der Waals surface area contributed by atoms with Crippen LogP contribution in [-0.4, -0.2) is 13.2 Å². The van der Waals surface area contributed by atoms with E-state index in [9.17, 15) is 0 Å². The van der Waals surface area contributed by atoms with Crippen LogP contribution in [0.4, 0.5) is 0 Å². The molecule has 2 aliphatic carbocycles. The standard InChI is InChI=1S/C12H22O/c1-3-11(4-1)7-9-13-10-8-12-5-2-6-12/h11-12H,1-10H2. The minimum atomic E-state index is 1.02. The highest BCUT2D eigenvalue weighted by Crippen LogP contribution is 2.30. The van der Waals surface area contributed by atoms with Crippen molar-refractivity contribution >= 4 is 0 Å². The van der Waals surface area contributed by atoms with E-state index in [0.29, 0.717) is 0 Å². The van der Waals surface area contributed by atoms with Gasteiger partial charge in [0, 0.05) is 13.2 Å². The molecule has 0 aromatic carbocycles. The number of rotatable bonds is 6. The van der Waals surface area contributed by atoms with Crippen LogP contribution in [0.2, 0.25) is 0 Å². The average molecular weight is 182 g/mol. The summed E-state index contributed by atoms with van der Waals surface area (Å²) in [6.45, 7) is 2.05. The Morgan fingerprint density at radius 3 is 1.54 bits per heavy atom. The lowest BCUT2D eigenvalue weighted by Gasteiger charge is -2.26. The monoisotopic (exact) mass is 182 g/mol. The lowest BCUT2D eigenvalue weighted by atomic mass is 9.83. The molecule has 0 spiro atoms. The minimum absolute atomic E-state index is 1.02. The summed E-state index contributed by atoms with van der Waals surface area (Å²) in [5, 5.41) is 0. The van der Waals surface area contributed by atoms with Gasteiger partial charge in [-0.3, -0.25) is 0 Å². The lowest BCUT2D eigenvalue weighted by molar-refractivity contribution is 0.0864. The van der Waals surface area contributed by atoms with Gasteiger partial charge in [0.25, 0.3) is 0 Å². The molecule has 0 aromatic heterocycles. The molecule has 1 heteroatoms. The molecular weight excluding hydrogens is 160 g/mol. The minimum Gasteiger partial charge on any atom is -0.381 e. The van der Waals surface area contributed by atoms with Crippen LogP contribution in [0.15, 0.2) is 0 Å². The molecule has 13 heavy (non-hydrogen) atoms. The molecule has 1 nitrogen and oxygen atoms in total. The molecule has 76 valence electrons. The van der Waals surface area contributed by atoms with Gasteiger partial charge in [-0.1, -0.05) is 38.5 Å². The van der Waals surface area contributed by atoms with Crippen LogP contribution in [0.1, 0.15) is 51.4 Å². The van der Waals surface area contributed by atoms with Crippen LogP contribution in [0.5, 0.6) is 0 Å². The largest absolute Gasteiger partial charge is 0.381 e. The first-order valence-electron chi connectivity index (χ1n) is 6.03. The number of hydrogen-bond donors (Lipinski definition) is 0. The summed E-state index contributed by atoms with van der Waals surface area (Å²) in [5.74, 6) is 2.03. The highest BCUT2D eigenvalue weighted by Gasteiger charge is 2.18. The topological polar surface area (TPSA) is 9.23 Å². The molecular formula is C12H22O. The first kappa shape index (κ1) is 9.51. The summed E-state index contributed by atoms with van der Waals surface area (Å²) in [6, 6.07) is 0. The van der Waals surface area contributed by atoms with E-state index in [0.717, 1.165) is 25.0 Å². The van der Waals surface area contributed by atoms with E-state index in [-0.39, 0.29) is 0 Å². The molecule has 0 radical (unpaired) electrons. The summed E-state index contributed by atoms with van der Waals surface area (Å²) >= 11 is 0. The van der Waals surface area contributed by atoms with Gasteiger partial charge in [0.05, 0.1) is 0 Å². The quantitative estimate of drug-likeness (QED) is 0.572. The van der Waals surface area contributed by atoms with Gasteiger partial charge in [-0.25, -0.2) is 0 Å². The van der Waals surface area contributed by atoms with E-state index >= 15 is 0 Å². The Morgan fingerprint density at radius 2 is 1.23 bits per heavy atom. The Balaban J connectivity index is 1.36. The summed E-state index contributed by atoms with van der Waals surface area (Å²) in [4.78, 5) is 0. The molecule has 2 aliphatic rings. The first-order valence-corrected chi connectivity index (χ1v) is 6.03. The van der Waals surface area contributed by atoms with Crippen molar-refractivity contribution in [3.63, 3.8) is 0 Å². The zero-order chi connectivity index (χ0) is 8.93. The molecule has 2 saturated carbocycles. The third kappa shape index (κ3) is 2.98. The van der Waals surface area contributed by atoms with Gasteiger partial charge in [-0.2, -0.15) is 0 Å². The fourth-order valence-corrected chi connectivity index (χ4v) is 2.17. The van der Waals surface area contributed by atoms with Crippen LogP contribution in [0.3, 0.4) is 0 Å². The second-order valence-corrected chi connectivity index (χ2v) is 4.78. The van der Waals surface area contributed by atoms with Crippen molar-refractivity contribution in [1.82, 2.24) is 0 Å². The number of hydrogen-bond acceptors (Lipinski definition) is 1. The number of ether oxygens (including phenoxy) is 1. The maximum atomic E-state index is 5.65. The summed E-state index contributed by atoms with van der Waals surface area (Å²) < 4.78 is 5.65. The molecule has 0 heterocycles. The molecule has 0 N–H and O–H groups in total. The van der Waals surface area contributed by atoms with Gasteiger partial charge in [0.1, 0.15) is 0 Å². The Hall–Kier alpha value is -0.0400. The lowest BCUT2D eigenvalue weighted by Crippen LogP contribution is -2.16. The maximum absolute atomic E-state index is 5.65. The van der Waals surface area contributed by atoms with Crippen LogP contribution in [0, 0.1) is 11.8 Å². The zero-order valence-corrected chi connectivity index (χ0v) is 8.63. The van der Waals surface area contributed by atoms with Gasteiger partial charge in [-0.15, -0.1) is 0 Å². The van der Waals surface area contributed by atoms with Crippen molar-refractivity contribution in [2.45, 2.75) is 51.4 Å². The van der Waals surface area contributed by atoms with Gasteiger partial charge in [0.15, 0.2) is 0 Å². The van der Waals surface area contributed by atoms with E-state index in [1.165, 1.54) is 51.4 Å². The summed E-state index contributed by atoms with van der Waals surface area (Å²) in [6.07, 6.45) is 11.4. The normalized spacial score (nSPS) is 24.0. The van der Waals surface area contributed by atoms with Crippen LogP contribution in [0.25, 0.3) is 0 Å². The first-order chi connectivity index (χ1) is 6.45. The van der Waals surface area contributed by atoms with Crippen molar-refractivity contribution in [3.05, 3.63) is 0 Å². The van der Waals surface area contributed by atoms with E-state index in [4.69, 9.17) is 4.74 Å². The van der Waals surface area contributed by atoms with Crippen molar-refractivity contribution in [2.24, 2.45) is 11.8 Å². The van der Waals surface area contributed by atoms with Crippen molar-refractivity contribution < 1.29 is 4.74 Å². The van der Waals surface area contributed by atoms with E-state index in [1.54, 1.807) is 0 Å². The second-order valence-electron chi connectivity index (χ2n) is 4.78. The van der Waals surface area contributed by atoms with E-state index < -0.39 is 0 Å². The molecule has 0 aliphatic heterocycles. The van der Waals surface area contributed by atoms with Gasteiger partial charge in [0.2, 0.25) is 0 Å². The second kappa shape index (κ2) is 4.99. The predicted molar refractivity (Wildman–Crippen MR) is 54.7 cm³/mol. The van der Waals surface area contributed by atoms with Crippen LogP contribution in [-0.2, 0) is 4.74 Å². The average Bonchev–Trinajstić information content (AvgIpc) is 1.96. The van der Waals surface area contributed by atoms with Gasteiger partial charge >= 0.3 is 0 Å². The van der Waals surface area contributed by atoms with Crippen LogP contribution < -0.4 is 0 Å². The van der Waals surface area contributed by atoms with Crippen molar-refractivity contribution in [3.8, 4) is 0 Å². The maximum Gasteiger partial charge on any atom is 0.0468 e. The highest BCUT2D eigenvalue weighted by molar-refractivity contribution is 4.70. The summed E-state index contributed by atoms with van der Waals surface area (Å²) in [7, 11) is 0. The highest BCUT2D eigenvalue weighted by atomic mass is 16.5. The SMILES string of the molecule is C1CC(CCOCCC2CCC2)C1. The Morgan fingerprint density at radius 1 is 0.769 bits per heavy atom. The molecule has 2 rings (SSSR count). The zero-order valence-electron chi connectivity index (χ0n) is 8.63. The van der Waals surface area contributed by atoms with E-state index in [1.807, 2.05) is 0 Å². The fourth-order valence-electron chi connectivity index (χ4n) is 2.17. The van der Waals surface area contributed by atoms with E-state index in [2.05, 4.69) is 0 Å². The van der Waals surface area contributed by atoms with Crippen LogP contribution >= 0.6 is 0 Å². The molecule has 2 fully saturated rings. The Bertz CT molecular complexity index is 120. The summed E-state index contributed by atoms with van der Waals surface area (Å²) in [5.41, 5.74) is 0.